The number of hydrogen-bond acceptors (Lipinski definition) is 3. The highest BCUT2D eigenvalue weighted by molar-refractivity contribution is 5.44. The standard InChI is InChI=1S/C16H16N2O/c1-11-4-5-12(2)16(13(11)3)19-10-14-6-7-18-15(8-14)9-17/h4-8H,10H2,1-3H3. The molecule has 0 N–H and O–H groups in total. The predicted molar refractivity (Wildman–Crippen MR) is 73.9 cm³/mol. The molecule has 0 radical (unpaired) electrons. The summed E-state index contributed by atoms with van der Waals surface area (Å²) in [4.78, 5) is 3.95. The summed E-state index contributed by atoms with van der Waals surface area (Å²) in [6, 6.07) is 9.80. The zero-order valence-corrected chi connectivity index (χ0v) is 11.4. The Labute approximate surface area is 113 Å². The minimum atomic E-state index is 0.416. The van der Waals surface area contributed by atoms with Crippen molar-refractivity contribution in [3.63, 3.8) is 0 Å². The van der Waals surface area contributed by atoms with Crippen molar-refractivity contribution in [2.24, 2.45) is 0 Å². The third kappa shape index (κ3) is 2.92. The third-order valence-electron chi connectivity index (χ3n) is 3.20. The second-order valence-corrected chi connectivity index (χ2v) is 4.60. The van der Waals surface area contributed by atoms with Crippen LogP contribution in [0.25, 0.3) is 0 Å². The second-order valence-electron chi connectivity index (χ2n) is 4.60. The van der Waals surface area contributed by atoms with Crippen molar-refractivity contribution in [1.82, 2.24) is 4.98 Å². The number of aromatic nitrogens is 1. The smallest absolute Gasteiger partial charge is 0.140 e. The third-order valence-corrected chi connectivity index (χ3v) is 3.20. The fourth-order valence-corrected chi connectivity index (χ4v) is 1.93. The van der Waals surface area contributed by atoms with Gasteiger partial charge >= 0.3 is 0 Å². The Balaban J connectivity index is 2.19. The maximum absolute atomic E-state index is 8.82. The first-order valence-corrected chi connectivity index (χ1v) is 6.16. The Morgan fingerprint density at radius 1 is 1.16 bits per heavy atom. The molecule has 0 saturated heterocycles. The van der Waals surface area contributed by atoms with E-state index in [0.717, 1.165) is 22.4 Å². The lowest BCUT2D eigenvalue weighted by atomic mass is 10.1. The molecule has 0 aliphatic rings. The zero-order chi connectivity index (χ0) is 13.8. The number of aryl methyl sites for hydroxylation is 2. The summed E-state index contributed by atoms with van der Waals surface area (Å²) in [7, 11) is 0. The number of rotatable bonds is 3. The molecule has 3 heteroatoms. The number of pyridine rings is 1. The van der Waals surface area contributed by atoms with E-state index in [4.69, 9.17) is 10.00 Å². The van der Waals surface area contributed by atoms with Crippen molar-refractivity contribution in [2.75, 3.05) is 0 Å². The molecule has 0 aliphatic carbocycles. The summed E-state index contributed by atoms with van der Waals surface area (Å²) in [5.74, 6) is 0.926. The van der Waals surface area contributed by atoms with E-state index in [9.17, 15) is 0 Å². The Morgan fingerprint density at radius 2 is 1.89 bits per heavy atom. The molecule has 0 amide bonds. The molecule has 0 bridgehead atoms. The van der Waals surface area contributed by atoms with Gasteiger partial charge < -0.3 is 4.74 Å². The number of nitriles is 1. The van der Waals surface area contributed by atoms with Crippen LogP contribution in [0.3, 0.4) is 0 Å². The topological polar surface area (TPSA) is 45.9 Å². The van der Waals surface area contributed by atoms with E-state index in [1.807, 2.05) is 19.1 Å². The second kappa shape index (κ2) is 5.53. The van der Waals surface area contributed by atoms with Gasteiger partial charge in [0.2, 0.25) is 0 Å². The molecule has 2 rings (SSSR count). The number of benzene rings is 1. The predicted octanol–water partition coefficient (Wildman–Crippen LogP) is 3.46. The van der Waals surface area contributed by atoms with Gasteiger partial charge in [-0.05, 0) is 55.2 Å². The van der Waals surface area contributed by atoms with Crippen LogP contribution in [0.2, 0.25) is 0 Å². The SMILES string of the molecule is Cc1ccc(C)c(OCc2ccnc(C#N)c2)c1C. The van der Waals surface area contributed by atoms with Crippen molar-refractivity contribution in [3.8, 4) is 11.8 Å². The lowest BCUT2D eigenvalue weighted by molar-refractivity contribution is 0.301. The van der Waals surface area contributed by atoms with Gasteiger partial charge in [0.25, 0.3) is 0 Å². The molecular formula is C16H16N2O. The highest BCUT2D eigenvalue weighted by Crippen LogP contribution is 2.26. The summed E-state index contributed by atoms with van der Waals surface area (Å²) in [5, 5.41) is 8.82. The van der Waals surface area contributed by atoms with E-state index < -0.39 is 0 Å². The average Bonchev–Trinajstić information content (AvgIpc) is 2.43. The van der Waals surface area contributed by atoms with Crippen LogP contribution in [-0.4, -0.2) is 4.98 Å². The monoisotopic (exact) mass is 252 g/mol. The zero-order valence-electron chi connectivity index (χ0n) is 11.4. The maximum Gasteiger partial charge on any atom is 0.140 e. The molecule has 0 spiro atoms. The van der Waals surface area contributed by atoms with Crippen molar-refractivity contribution >= 4 is 0 Å². The van der Waals surface area contributed by atoms with E-state index in [1.54, 1.807) is 12.3 Å². The summed E-state index contributed by atoms with van der Waals surface area (Å²) < 4.78 is 5.90. The molecule has 19 heavy (non-hydrogen) atoms. The van der Waals surface area contributed by atoms with E-state index in [-0.39, 0.29) is 0 Å². The fourth-order valence-electron chi connectivity index (χ4n) is 1.93. The van der Waals surface area contributed by atoms with Crippen LogP contribution in [0.4, 0.5) is 0 Å². The minimum absolute atomic E-state index is 0.416. The van der Waals surface area contributed by atoms with Gasteiger partial charge in [-0.15, -0.1) is 0 Å². The fraction of sp³-hybridized carbons (Fsp3) is 0.250. The van der Waals surface area contributed by atoms with Gasteiger partial charge in [-0.3, -0.25) is 0 Å². The average molecular weight is 252 g/mol. The highest BCUT2D eigenvalue weighted by Gasteiger charge is 2.07. The van der Waals surface area contributed by atoms with Gasteiger partial charge in [-0.1, -0.05) is 12.1 Å². The molecule has 2 aromatic rings. The lowest BCUT2D eigenvalue weighted by Gasteiger charge is -2.14. The van der Waals surface area contributed by atoms with Gasteiger partial charge in [0.1, 0.15) is 24.1 Å². The Morgan fingerprint density at radius 3 is 2.63 bits per heavy atom. The molecular weight excluding hydrogens is 236 g/mol. The van der Waals surface area contributed by atoms with Crippen molar-refractivity contribution in [1.29, 1.82) is 5.26 Å². The summed E-state index contributed by atoms with van der Waals surface area (Å²) in [6.45, 7) is 6.62. The largest absolute Gasteiger partial charge is 0.488 e. The quantitative estimate of drug-likeness (QED) is 0.840. The van der Waals surface area contributed by atoms with Crippen LogP contribution < -0.4 is 4.74 Å². The molecule has 1 aromatic heterocycles. The Bertz CT molecular complexity index is 642. The first-order valence-electron chi connectivity index (χ1n) is 6.16. The first-order chi connectivity index (χ1) is 9.11. The van der Waals surface area contributed by atoms with Crippen LogP contribution in [0.5, 0.6) is 5.75 Å². The Hall–Kier alpha value is -2.34. The van der Waals surface area contributed by atoms with Crippen LogP contribution in [0.15, 0.2) is 30.5 Å². The normalized spacial score (nSPS) is 10.0. The summed E-state index contributed by atoms with van der Waals surface area (Å²) in [5.41, 5.74) is 4.87. The van der Waals surface area contributed by atoms with E-state index in [0.29, 0.717) is 12.3 Å². The van der Waals surface area contributed by atoms with Crippen LogP contribution in [0, 0.1) is 32.1 Å². The van der Waals surface area contributed by atoms with Crippen LogP contribution >= 0.6 is 0 Å². The molecule has 0 fully saturated rings. The van der Waals surface area contributed by atoms with Crippen molar-refractivity contribution in [2.45, 2.75) is 27.4 Å². The van der Waals surface area contributed by atoms with E-state index >= 15 is 0 Å². The molecule has 3 nitrogen and oxygen atoms in total. The molecule has 0 atom stereocenters. The number of nitrogens with zero attached hydrogens (tertiary/aromatic N) is 2. The van der Waals surface area contributed by atoms with Crippen molar-refractivity contribution < 1.29 is 4.74 Å². The first kappa shape index (κ1) is 13.1. The number of ether oxygens (including phenoxy) is 1. The van der Waals surface area contributed by atoms with Crippen LogP contribution in [0.1, 0.15) is 27.9 Å². The summed E-state index contributed by atoms with van der Waals surface area (Å²) >= 11 is 0. The molecule has 0 aliphatic heterocycles. The van der Waals surface area contributed by atoms with Gasteiger partial charge in [0.05, 0.1) is 0 Å². The van der Waals surface area contributed by atoms with Gasteiger partial charge in [0.15, 0.2) is 0 Å². The highest BCUT2D eigenvalue weighted by atomic mass is 16.5. The van der Waals surface area contributed by atoms with E-state index in [2.05, 4.69) is 31.0 Å². The minimum Gasteiger partial charge on any atom is -0.488 e. The molecule has 1 heterocycles. The molecule has 0 saturated carbocycles. The lowest BCUT2D eigenvalue weighted by Crippen LogP contribution is -2.00. The molecule has 0 unspecified atom stereocenters. The van der Waals surface area contributed by atoms with Crippen LogP contribution in [-0.2, 0) is 6.61 Å². The molecule has 1 aromatic carbocycles. The van der Waals surface area contributed by atoms with Gasteiger partial charge in [-0.2, -0.15) is 5.26 Å². The van der Waals surface area contributed by atoms with Gasteiger partial charge in [-0.25, -0.2) is 4.98 Å². The maximum atomic E-state index is 8.82. The molecule has 96 valence electrons. The summed E-state index contributed by atoms with van der Waals surface area (Å²) in [6.07, 6.45) is 1.63. The Kier molecular flexibility index (Phi) is 3.82. The van der Waals surface area contributed by atoms with E-state index in [1.165, 1.54) is 5.56 Å². The van der Waals surface area contributed by atoms with Gasteiger partial charge in [0, 0.05) is 6.20 Å². The number of hydrogen-bond donors (Lipinski definition) is 0. The van der Waals surface area contributed by atoms with Crippen molar-refractivity contribution in [3.05, 3.63) is 58.4 Å².